The van der Waals surface area contributed by atoms with Gasteiger partial charge in [0.2, 0.25) is 18.1 Å². The topological polar surface area (TPSA) is 303 Å². The maximum absolute atomic E-state index is 13.2. The lowest BCUT2D eigenvalue weighted by Crippen LogP contribution is -2.71. The van der Waals surface area contributed by atoms with E-state index in [4.69, 9.17) is 30.9 Å². The first-order chi connectivity index (χ1) is 24.9. The number of nitrogens with zero attached hydrogens (tertiary/aromatic N) is 8. The van der Waals surface area contributed by atoms with Gasteiger partial charge < -0.3 is 36.3 Å². The van der Waals surface area contributed by atoms with Crippen molar-refractivity contribution in [3.05, 3.63) is 53.6 Å². The van der Waals surface area contributed by atoms with Gasteiger partial charge in [0.05, 0.1) is 24.3 Å². The van der Waals surface area contributed by atoms with Gasteiger partial charge in [0, 0.05) is 5.38 Å². The van der Waals surface area contributed by atoms with Gasteiger partial charge >= 0.3 is 16.5 Å². The lowest BCUT2D eigenvalue weighted by molar-refractivity contribution is -0.753. The predicted octanol–water partition coefficient (Wildman–Crippen LogP) is -1.76. The van der Waals surface area contributed by atoms with Crippen molar-refractivity contribution in [1.29, 1.82) is 0 Å². The molecular weight excluding hydrogens is 758 g/mol. The number of H-pyrrole nitrogens is 1. The Morgan fingerprint density at radius 2 is 1.94 bits per heavy atom. The third-order valence-corrected chi connectivity index (χ3v) is 8.89. The molecule has 4 aromatic rings. The van der Waals surface area contributed by atoms with Crippen LogP contribution >= 0.6 is 11.3 Å². The molecule has 0 aliphatic carbocycles. The number of tetrazole rings is 1. The van der Waals surface area contributed by atoms with E-state index in [-0.39, 0.29) is 33.3 Å². The predicted molar refractivity (Wildman–Crippen MR) is 172 cm³/mol. The summed E-state index contributed by atoms with van der Waals surface area (Å²) in [5.74, 6) is -4.38. The van der Waals surface area contributed by atoms with Gasteiger partial charge in [-0.25, -0.2) is 9.29 Å². The van der Waals surface area contributed by atoms with Crippen LogP contribution in [0.3, 0.4) is 0 Å². The van der Waals surface area contributed by atoms with Crippen LogP contribution in [0, 0.1) is 0 Å². The Kier molecular flexibility index (Phi) is 12.6. The first kappa shape index (κ1) is 40.0. The molecule has 1 aliphatic heterocycles. The highest BCUT2D eigenvalue weighted by Gasteiger charge is 2.51. The molecule has 1 aliphatic rings. The number of anilines is 1. The van der Waals surface area contributed by atoms with Gasteiger partial charge in [0.25, 0.3) is 11.8 Å². The fourth-order valence-electron chi connectivity index (χ4n) is 4.59. The van der Waals surface area contributed by atoms with Gasteiger partial charge in [-0.15, -0.1) is 26.2 Å². The number of aromatic nitrogens is 7. The number of aromatic amines is 1. The molecule has 5 rings (SSSR count). The number of hydrogen-bond acceptors (Lipinski definition) is 16. The summed E-state index contributed by atoms with van der Waals surface area (Å²) < 4.78 is 73.9. The Balaban J connectivity index is 0.000000815. The van der Waals surface area contributed by atoms with Crippen LogP contribution in [0.4, 0.5) is 18.3 Å². The minimum absolute atomic E-state index is 0.0275. The number of aryl methyl sites for hydroxylation is 2. The minimum Gasteiger partial charge on any atom is -0.542 e. The average Bonchev–Trinajstić information content (AvgIpc) is 3.86. The molecule has 3 atom stereocenters. The summed E-state index contributed by atoms with van der Waals surface area (Å²) in [5, 5.41) is 30.5. The number of aliphatic carboxylic acids is 1. The quantitative estimate of drug-likeness (QED) is 0.0311. The Morgan fingerprint density at radius 1 is 1.26 bits per heavy atom. The summed E-state index contributed by atoms with van der Waals surface area (Å²) in [6.45, 7) is 2.59. The number of β-lactam (4-membered cyclic amide) rings is 1. The van der Waals surface area contributed by atoms with Crippen molar-refractivity contribution in [2.75, 3.05) is 18.9 Å². The number of carbonyl (C=O) groups excluding carboxylic acids is 3. The largest absolute Gasteiger partial charge is 0.542 e. The smallest absolute Gasteiger partial charge is 0.430 e. The number of oxime groups is 1. The number of amides is 2. The molecule has 0 radical (unpaired) electrons. The van der Waals surface area contributed by atoms with Crippen LogP contribution < -0.4 is 31.3 Å². The van der Waals surface area contributed by atoms with Gasteiger partial charge in [-0.1, -0.05) is 22.5 Å². The summed E-state index contributed by atoms with van der Waals surface area (Å²) in [5.41, 5.74) is 13.0. The highest BCUT2D eigenvalue weighted by molar-refractivity contribution is 7.84. The zero-order valence-electron chi connectivity index (χ0n) is 27.5. The lowest BCUT2D eigenvalue weighted by Gasteiger charge is -2.42. The number of nitrogens with one attached hydrogen (secondary N) is 2. The normalized spacial score (nSPS) is 16.6. The fraction of sp³-hybridized carbons (Fsp3) is 0.370. The monoisotopic (exact) mass is 788 g/mol. The molecule has 0 spiro atoms. The molecule has 26 heteroatoms. The van der Waals surface area contributed by atoms with Crippen LogP contribution in [0.5, 0.6) is 5.75 Å². The summed E-state index contributed by atoms with van der Waals surface area (Å²) in [6, 6.07) is 5.06. The molecular formula is C27H31F3N12O9S2. The molecule has 53 heavy (non-hydrogen) atoms. The third-order valence-electron chi connectivity index (χ3n) is 7.20. The second-order valence-electron chi connectivity index (χ2n) is 10.9. The first-order valence-corrected chi connectivity index (χ1v) is 17.3. The summed E-state index contributed by atoms with van der Waals surface area (Å²) in [4.78, 5) is 44.1. The highest BCUT2D eigenvalue weighted by Crippen LogP contribution is 2.25. The zero-order chi connectivity index (χ0) is 39.1. The molecule has 7 N–H and O–H groups in total. The summed E-state index contributed by atoms with van der Waals surface area (Å²) >= 11 is 1.03. The van der Waals surface area contributed by atoms with E-state index in [9.17, 15) is 35.7 Å². The number of hydrogen-bond donors (Lipinski definition) is 5. The van der Waals surface area contributed by atoms with Crippen molar-refractivity contribution in [3.8, 4) is 16.9 Å². The number of carboxylic acids is 1. The van der Waals surface area contributed by atoms with Gasteiger partial charge in [0.15, 0.2) is 17.9 Å². The van der Waals surface area contributed by atoms with E-state index in [2.05, 4.69) is 40.8 Å². The molecule has 0 unspecified atom stereocenters. The van der Waals surface area contributed by atoms with Crippen LogP contribution in [0.15, 0.2) is 47.2 Å². The standard InChI is InChI=1S/C25H30N12O7S2.C2HF3O2/c1-14-20(24(39)37(14)46(40,41)42)29-23(38)21(18-13-45-25(27)28-18)32-44-19(22-30-33-34-31-22)12-43-17-6-4-15(5-7-17)16-10-35(2)36(11-16)9-3-8-26;3-2(4,5)1(6)7/h4-7,10-11,13-14,19-20H,3,8-9,12,26H2,1-2H3,(H4-,27,28,29,30,31,33,34,38,40,41,42);(H,6,7)/b32-21-;/t14-,19-,20-;/m0./s1. The summed E-state index contributed by atoms with van der Waals surface area (Å²) in [7, 11) is -2.83. The van der Waals surface area contributed by atoms with E-state index in [0.717, 1.165) is 35.4 Å². The van der Waals surface area contributed by atoms with Gasteiger partial charge in [-0.3, -0.25) is 14.1 Å². The highest BCUT2D eigenvalue weighted by atomic mass is 32.2. The van der Waals surface area contributed by atoms with E-state index >= 15 is 0 Å². The zero-order valence-corrected chi connectivity index (χ0v) is 29.1. The molecule has 286 valence electrons. The van der Waals surface area contributed by atoms with Crippen molar-refractivity contribution in [1.82, 2.24) is 39.9 Å². The average molecular weight is 789 g/mol. The molecule has 1 fully saturated rings. The van der Waals surface area contributed by atoms with Gasteiger partial charge in [0.1, 0.15) is 30.1 Å². The number of nitrogen functional groups attached to an aromatic ring is 1. The molecule has 1 saturated heterocycles. The van der Waals surface area contributed by atoms with Crippen LogP contribution in [-0.2, 0) is 43.1 Å². The molecule has 3 aromatic heterocycles. The molecule has 4 heterocycles. The second kappa shape index (κ2) is 16.7. The van der Waals surface area contributed by atoms with Crippen molar-refractivity contribution < 1.29 is 59.9 Å². The van der Waals surface area contributed by atoms with Crippen molar-refractivity contribution >= 4 is 50.3 Å². The maximum Gasteiger partial charge on any atom is 0.430 e. The Morgan fingerprint density at radius 3 is 2.47 bits per heavy atom. The number of carboxylic acid groups (broad SMARTS) is 1. The number of alkyl halides is 3. The lowest BCUT2D eigenvalue weighted by atomic mass is 10.0. The van der Waals surface area contributed by atoms with Gasteiger partial charge in [-0.05, 0) is 37.6 Å². The summed E-state index contributed by atoms with van der Waals surface area (Å²) in [6.07, 6.45) is -1.34. The number of halogens is 3. The Hall–Kier alpha value is -5.73. The van der Waals surface area contributed by atoms with E-state index in [0.29, 0.717) is 12.3 Å². The maximum atomic E-state index is 13.2. The number of ether oxygens (including phenoxy) is 1. The number of rotatable bonds is 14. The minimum atomic E-state index is -5.19. The molecule has 21 nitrogen and oxygen atoms in total. The third kappa shape index (κ3) is 10.2. The first-order valence-electron chi connectivity index (χ1n) is 15.0. The number of carbonyl (C=O) groups is 3. The molecule has 2 amide bonds. The van der Waals surface area contributed by atoms with Crippen molar-refractivity contribution in [3.63, 3.8) is 0 Å². The Bertz CT molecular complexity index is 2040. The number of benzene rings is 1. The van der Waals surface area contributed by atoms with Crippen LogP contribution in [-0.4, -0.2) is 102 Å². The molecule has 0 saturated carbocycles. The van der Waals surface area contributed by atoms with Crippen molar-refractivity contribution in [2.45, 2.75) is 44.3 Å². The Labute approximate surface area is 301 Å². The molecule has 0 bridgehead atoms. The number of nitrogens with two attached hydrogens (primary N) is 2. The van der Waals surface area contributed by atoms with Crippen LogP contribution in [0.1, 0.15) is 31.0 Å². The SMILES string of the molecule is C[C@H]1[C@H](NC(=O)/C(=N\O[C@@H](COc2ccc(-c3cn(CCCN)[n+](C)c3)cc2)c2nn[nH]n2)c2csc(N)n2)C(=O)N1S(=O)(=O)O.O=C([O-])C(F)(F)F. The number of thiazole rings is 1. The van der Waals surface area contributed by atoms with E-state index in [1.807, 2.05) is 36.3 Å². The van der Waals surface area contributed by atoms with Crippen LogP contribution in [0.2, 0.25) is 0 Å². The molecule has 1 aromatic carbocycles. The van der Waals surface area contributed by atoms with Gasteiger partial charge in [-0.2, -0.15) is 31.5 Å². The van der Waals surface area contributed by atoms with E-state index in [1.54, 1.807) is 12.1 Å². The van der Waals surface area contributed by atoms with E-state index < -0.39 is 52.5 Å². The van der Waals surface area contributed by atoms with E-state index in [1.165, 1.54) is 12.3 Å². The second-order valence-corrected chi connectivity index (χ2v) is 13.1. The van der Waals surface area contributed by atoms with Crippen LogP contribution in [0.25, 0.3) is 11.1 Å². The fourth-order valence-corrected chi connectivity index (χ4v) is 6.02. The van der Waals surface area contributed by atoms with Crippen molar-refractivity contribution in [2.24, 2.45) is 17.9 Å².